The van der Waals surface area contributed by atoms with Gasteiger partial charge in [-0.05, 0) is 50.3 Å². The van der Waals surface area contributed by atoms with E-state index in [4.69, 9.17) is 4.74 Å². The number of carbonyl (C=O) groups excluding carboxylic acids is 1. The fourth-order valence-corrected chi connectivity index (χ4v) is 6.73. The van der Waals surface area contributed by atoms with Crippen LogP contribution in [0.25, 0.3) is 0 Å². The van der Waals surface area contributed by atoms with Crippen molar-refractivity contribution in [1.82, 2.24) is 10.2 Å². The van der Waals surface area contributed by atoms with Gasteiger partial charge in [0.2, 0.25) is 0 Å². The number of allylic oxidation sites excluding steroid dienone is 1. The molecule has 5 rings (SSSR count). The Balaban J connectivity index is 1.18. The molecule has 0 aromatic heterocycles. The van der Waals surface area contributed by atoms with Gasteiger partial charge >= 0.3 is 5.97 Å². The van der Waals surface area contributed by atoms with Crippen molar-refractivity contribution < 1.29 is 14.6 Å². The summed E-state index contributed by atoms with van der Waals surface area (Å²) in [6, 6.07) is 11.1. The van der Waals surface area contributed by atoms with Crippen LogP contribution in [-0.4, -0.2) is 53.9 Å². The van der Waals surface area contributed by atoms with Crippen LogP contribution in [0.1, 0.15) is 51.5 Å². The molecular weight excluding hydrogens is 400 g/mol. The maximum atomic E-state index is 12.8. The van der Waals surface area contributed by atoms with Gasteiger partial charge in [0, 0.05) is 36.9 Å². The standard InChI is InChI=1S/C27H38N2O3/c1-18-7-6-10-20-15-23-24(25(30)27(18,20)2)22(26(31)32-23)16-28-21-11-13-29(14-12-21)17-19-8-4-3-5-9-19/h3-5,8-10,18,21-25,28,30H,6-7,11-17H2,1-2H3/t18-,22+,23-,24-,25-,27-/m1/s1. The molecule has 32 heavy (non-hydrogen) atoms. The molecule has 5 nitrogen and oxygen atoms in total. The Morgan fingerprint density at radius 2 is 1.94 bits per heavy atom. The van der Waals surface area contributed by atoms with Crippen LogP contribution < -0.4 is 5.32 Å². The summed E-state index contributed by atoms with van der Waals surface area (Å²) in [6.07, 6.45) is 6.76. The Kier molecular flexibility index (Phi) is 6.17. The van der Waals surface area contributed by atoms with Gasteiger partial charge in [0.15, 0.2) is 0 Å². The zero-order valence-corrected chi connectivity index (χ0v) is 19.5. The van der Waals surface area contributed by atoms with Crippen LogP contribution in [0.15, 0.2) is 42.0 Å². The normalized spacial score (nSPS) is 38.0. The van der Waals surface area contributed by atoms with Crippen molar-refractivity contribution in [1.29, 1.82) is 0 Å². The smallest absolute Gasteiger partial charge is 0.311 e. The molecule has 5 heteroatoms. The van der Waals surface area contributed by atoms with Crippen molar-refractivity contribution in [3.05, 3.63) is 47.5 Å². The topological polar surface area (TPSA) is 61.8 Å². The van der Waals surface area contributed by atoms with E-state index >= 15 is 0 Å². The monoisotopic (exact) mass is 438 g/mol. The third kappa shape index (κ3) is 3.93. The number of aliphatic hydroxyl groups excluding tert-OH is 1. The Morgan fingerprint density at radius 1 is 1.19 bits per heavy atom. The molecule has 174 valence electrons. The molecule has 0 bridgehead atoms. The second-order valence-electron chi connectivity index (χ2n) is 10.7. The van der Waals surface area contributed by atoms with E-state index in [1.54, 1.807) is 0 Å². The predicted molar refractivity (Wildman–Crippen MR) is 125 cm³/mol. The molecule has 0 radical (unpaired) electrons. The van der Waals surface area contributed by atoms with Crippen LogP contribution in [-0.2, 0) is 16.1 Å². The average Bonchev–Trinajstić information content (AvgIpc) is 3.11. The zero-order valence-electron chi connectivity index (χ0n) is 19.5. The number of rotatable bonds is 5. The van der Waals surface area contributed by atoms with Crippen LogP contribution >= 0.6 is 0 Å². The van der Waals surface area contributed by atoms with Gasteiger partial charge in [0.25, 0.3) is 0 Å². The van der Waals surface area contributed by atoms with E-state index in [0.29, 0.717) is 18.5 Å². The lowest BCUT2D eigenvalue weighted by molar-refractivity contribution is -0.144. The minimum Gasteiger partial charge on any atom is -0.461 e. The van der Waals surface area contributed by atoms with Gasteiger partial charge in [-0.25, -0.2) is 0 Å². The van der Waals surface area contributed by atoms with Gasteiger partial charge in [-0.2, -0.15) is 0 Å². The number of hydrogen-bond donors (Lipinski definition) is 2. The van der Waals surface area contributed by atoms with Crippen LogP contribution in [0, 0.1) is 23.2 Å². The van der Waals surface area contributed by atoms with Crippen molar-refractivity contribution in [2.24, 2.45) is 23.2 Å². The van der Waals surface area contributed by atoms with Gasteiger partial charge in [0.05, 0.1) is 12.0 Å². The summed E-state index contributed by atoms with van der Waals surface area (Å²) in [7, 11) is 0. The van der Waals surface area contributed by atoms with Crippen LogP contribution in [0.4, 0.5) is 0 Å². The fourth-order valence-electron chi connectivity index (χ4n) is 6.73. The largest absolute Gasteiger partial charge is 0.461 e. The highest BCUT2D eigenvalue weighted by molar-refractivity contribution is 5.76. The lowest BCUT2D eigenvalue weighted by Crippen LogP contribution is -2.55. The molecule has 4 aliphatic rings. The van der Waals surface area contributed by atoms with E-state index in [1.165, 1.54) is 11.1 Å². The SMILES string of the molecule is C[C@@H]1CCC=C2C[C@H]3OC(=O)[C@@H](CNC4CCN(Cc5ccccc5)CC4)[C@H]3[C@@H](O)[C@@]21C. The van der Waals surface area contributed by atoms with Crippen molar-refractivity contribution in [3.63, 3.8) is 0 Å². The average molecular weight is 439 g/mol. The molecule has 6 atom stereocenters. The maximum absolute atomic E-state index is 12.8. The number of likely N-dealkylation sites (tertiary alicyclic amines) is 1. The maximum Gasteiger partial charge on any atom is 0.311 e. The van der Waals surface area contributed by atoms with E-state index in [1.807, 2.05) is 0 Å². The second kappa shape index (κ2) is 8.92. The number of nitrogens with zero attached hydrogens (tertiary/aromatic N) is 1. The number of benzene rings is 1. The second-order valence-corrected chi connectivity index (χ2v) is 10.7. The molecule has 1 saturated carbocycles. The van der Waals surface area contributed by atoms with Crippen molar-refractivity contribution in [2.75, 3.05) is 19.6 Å². The number of aliphatic hydroxyl groups is 1. The summed E-state index contributed by atoms with van der Waals surface area (Å²) < 4.78 is 5.81. The molecule has 0 unspecified atom stereocenters. The van der Waals surface area contributed by atoms with Gasteiger partial charge < -0.3 is 15.2 Å². The van der Waals surface area contributed by atoms with E-state index < -0.39 is 6.10 Å². The summed E-state index contributed by atoms with van der Waals surface area (Å²) in [5, 5.41) is 15.2. The van der Waals surface area contributed by atoms with E-state index in [0.717, 1.165) is 51.7 Å². The van der Waals surface area contributed by atoms with Gasteiger partial charge in [-0.15, -0.1) is 0 Å². The van der Waals surface area contributed by atoms with Crippen molar-refractivity contribution in [3.8, 4) is 0 Å². The first kappa shape index (κ1) is 22.1. The molecule has 2 saturated heterocycles. The molecule has 2 aliphatic carbocycles. The Labute approximate surface area is 192 Å². The van der Waals surface area contributed by atoms with Crippen molar-refractivity contribution >= 4 is 5.97 Å². The van der Waals surface area contributed by atoms with Crippen LogP contribution in [0.2, 0.25) is 0 Å². The van der Waals surface area contributed by atoms with Crippen LogP contribution in [0.5, 0.6) is 0 Å². The van der Waals surface area contributed by atoms with Crippen LogP contribution in [0.3, 0.4) is 0 Å². The lowest BCUT2D eigenvalue weighted by atomic mass is 9.55. The Morgan fingerprint density at radius 3 is 2.69 bits per heavy atom. The number of esters is 1. The molecule has 2 N–H and O–H groups in total. The minimum absolute atomic E-state index is 0.101. The summed E-state index contributed by atoms with van der Waals surface area (Å²) in [5.74, 6) is -0.0408. The van der Waals surface area contributed by atoms with Gasteiger partial charge in [-0.3, -0.25) is 9.69 Å². The van der Waals surface area contributed by atoms with E-state index in [2.05, 4.69) is 60.5 Å². The highest BCUT2D eigenvalue weighted by Crippen LogP contribution is 2.55. The van der Waals surface area contributed by atoms with E-state index in [9.17, 15) is 9.90 Å². The summed E-state index contributed by atoms with van der Waals surface area (Å²) in [5.41, 5.74) is 2.44. The first-order valence-corrected chi connectivity index (χ1v) is 12.5. The van der Waals surface area contributed by atoms with Gasteiger partial charge in [-0.1, -0.05) is 55.8 Å². The number of nitrogens with one attached hydrogen (secondary N) is 1. The molecular formula is C27H38N2O3. The number of hydrogen-bond acceptors (Lipinski definition) is 5. The number of carbonyl (C=O) groups is 1. The van der Waals surface area contributed by atoms with E-state index in [-0.39, 0.29) is 29.3 Å². The Bertz CT molecular complexity index is 848. The first-order chi connectivity index (χ1) is 15.5. The third-order valence-electron chi connectivity index (χ3n) is 9.03. The van der Waals surface area contributed by atoms with Crippen molar-refractivity contribution in [2.45, 2.75) is 70.7 Å². The Hall–Kier alpha value is -1.69. The lowest BCUT2D eigenvalue weighted by Gasteiger charge is -2.51. The quantitative estimate of drug-likeness (QED) is 0.544. The molecule has 0 spiro atoms. The number of fused-ring (bicyclic) bond motifs is 2. The third-order valence-corrected chi connectivity index (χ3v) is 9.03. The first-order valence-electron chi connectivity index (χ1n) is 12.5. The van der Waals surface area contributed by atoms with Gasteiger partial charge in [0.1, 0.15) is 6.10 Å². The molecule has 1 aromatic carbocycles. The summed E-state index contributed by atoms with van der Waals surface area (Å²) in [4.78, 5) is 15.3. The highest BCUT2D eigenvalue weighted by Gasteiger charge is 2.59. The number of piperidine rings is 1. The molecule has 2 heterocycles. The minimum atomic E-state index is -0.520. The summed E-state index contributed by atoms with van der Waals surface area (Å²) >= 11 is 0. The fraction of sp³-hybridized carbons (Fsp3) is 0.667. The zero-order chi connectivity index (χ0) is 22.3. The molecule has 3 fully saturated rings. The number of ether oxygens (including phenoxy) is 1. The molecule has 1 aromatic rings. The molecule has 0 amide bonds. The predicted octanol–water partition coefficient (Wildman–Crippen LogP) is 3.53. The molecule has 2 aliphatic heterocycles. The highest BCUT2D eigenvalue weighted by atomic mass is 16.6. The summed E-state index contributed by atoms with van der Waals surface area (Å²) in [6.45, 7) is 8.22.